The third-order valence-electron chi connectivity index (χ3n) is 3.06. The molecule has 2 aromatic rings. The predicted octanol–water partition coefficient (Wildman–Crippen LogP) is 3.38. The molecule has 2 aromatic carbocycles. The lowest BCUT2D eigenvalue weighted by Gasteiger charge is -2.11. The summed E-state index contributed by atoms with van der Waals surface area (Å²) in [5.41, 5.74) is 8.01. The van der Waals surface area contributed by atoms with E-state index in [1.165, 1.54) is 0 Å². The predicted molar refractivity (Wildman–Crippen MR) is 76.1 cm³/mol. The van der Waals surface area contributed by atoms with Crippen molar-refractivity contribution in [3.05, 3.63) is 59.7 Å². The van der Waals surface area contributed by atoms with E-state index < -0.39 is 0 Å². The lowest BCUT2D eigenvalue weighted by Crippen LogP contribution is -2.08. The van der Waals surface area contributed by atoms with E-state index in [2.05, 4.69) is 6.92 Å². The summed E-state index contributed by atoms with van der Waals surface area (Å²) in [5.74, 6) is 1.06. The summed E-state index contributed by atoms with van der Waals surface area (Å²) in [6, 6.07) is 15.0. The number of nitrogens with two attached hydrogens (primary N) is 1. The van der Waals surface area contributed by atoms with E-state index in [1.54, 1.807) is 18.2 Å². The number of rotatable bonds is 5. The standard InChI is InChI=1S/C16H19NO2/c1-2-16(17)13-6-8-15(9-7-13)19-11-12-4-3-5-14(18)10-12/h3-10,16,18H,2,11,17H2,1H3/t16-/m0/s1. The van der Waals surface area contributed by atoms with Crippen molar-refractivity contribution < 1.29 is 9.84 Å². The number of phenols is 1. The van der Waals surface area contributed by atoms with E-state index in [1.807, 2.05) is 30.3 Å². The fraction of sp³-hybridized carbons (Fsp3) is 0.250. The van der Waals surface area contributed by atoms with E-state index in [0.717, 1.165) is 23.3 Å². The van der Waals surface area contributed by atoms with Crippen molar-refractivity contribution in [3.63, 3.8) is 0 Å². The van der Waals surface area contributed by atoms with Gasteiger partial charge in [0.1, 0.15) is 18.1 Å². The molecule has 0 amide bonds. The van der Waals surface area contributed by atoms with Crippen molar-refractivity contribution in [1.29, 1.82) is 0 Å². The van der Waals surface area contributed by atoms with Crippen LogP contribution in [0, 0.1) is 0 Å². The topological polar surface area (TPSA) is 55.5 Å². The molecule has 0 heterocycles. The van der Waals surface area contributed by atoms with Crippen LogP contribution in [0.4, 0.5) is 0 Å². The van der Waals surface area contributed by atoms with E-state index in [0.29, 0.717) is 6.61 Å². The summed E-state index contributed by atoms with van der Waals surface area (Å²) in [6.07, 6.45) is 0.920. The average molecular weight is 257 g/mol. The summed E-state index contributed by atoms with van der Waals surface area (Å²) in [5, 5.41) is 9.37. The molecule has 3 nitrogen and oxygen atoms in total. The van der Waals surface area contributed by atoms with E-state index in [9.17, 15) is 5.11 Å². The first-order valence-electron chi connectivity index (χ1n) is 6.45. The minimum atomic E-state index is 0.0834. The van der Waals surface area contributed by atoms with Gasteiger partial charge in [-0.3, -0.25) is 0 Å². The molecule has 0 aliphatic carbocycles. The summed E-state index contributed by atoms with van der Waals surface area (Å²) in [6.45, 7) is 2.50. The molecule has 0 bridgehead atoms. The minimum Gasteiger partial charge on any atom is -0.508 e. The highest BCUT2D eigenvalue weighted by Crippen LogP contribution is 2.19. The molecule has 0 aliphatic heterocycles. The highest BCUT2D eigenvalue weighted by molar-refractivity contribution is 5.30. The first-order valence-corrected chi connectivity index (χ1v) is 6.45. The van der Waals surface area contributed by atoms with Crippen molar-refractivity contribution in [1.82, 2.24) is 0 Å². The molecule has 19 heavy (non-hydrogen) atoms. The van der Waals surface area contributed by atoms with Crippen LogP contribution in [-0.2, 0) is 6.61 Å². The lowest BCUT2D eigenvalue weighted by molar-refractivity contribution is 0.305. The molecule has 100 valence electrons. The van der Waals surface area contributed by atoms with Gasteiger partial charge in [0.25, 0.3) is 0 Å². The molecule has 0 aliphatic rings. The smallest absolute Gasteiger partial charge is 0.119 e. The third-order valence-corrected chi connectivity index (χ3v) is 3.06. The first kappa shape index (κ1) is 13.4. The van der Waals surface area contributed by atoms with Gasteiger partial charge in [-0.1, -0.05) is 31.2 Å². The van der Waals surface area contributed by atoms with Crippen LogP contribution in [0.15, 0.2) is 48.5 Å². The van der Waals surface area contributed by atoms with Gasteiger partial charge < -0.3 is 15.6 Å². The van der Waals surface area contributed by atoms with Crippen LogP contribution < -0.4 is 10.5 Å². The van der Waals surface area contributed by atoms with Crippen molar-refractivity contribution in [3.8, 4) is 11.5 Å². The Hall–Kier alpha value is -2.00. The number of hydrogen-bond acceptors (Lipinski definition) is 3. The summed E-state index contributed by atoms with van der Waals surface area (Å²) in [4.78, 5) is 0. The molecular formula is C16H19NO2. The lowest BCUT2D eigenvalue weighted by atomic mass is 10.1. The molecule has 0 unspecified atom stereocenters. The SMILES string of the molecule is CC[C@H](N)c1ccc(OCc2cccc(O)c2)cc1. The Kier molecular flexibility index (Phi) is 4.42. The zero-order chi connectivity index (χ0) is 13.7. The molecule has 0 fully saturated rings. The van der Waals surface area contributed by atoms with Crippen LogP contribution in [0.1, 0.15) is 30.5 Å². The van der Waals surface area contributed by atoms with Crippen LogP contribution in [0.2, 0.25) is 0 Å². The fourth-order valence-corrected chi connectivity index (χ4v) is 1.86. The van der Waals surface area contributed by atoms with Gasteiger partial charge in [-0.15, -0.1) is 0 Å². The van der Waals surface area contributed by atoms with Crippen LogP contribution in [-0.4, -0.2) is 5.11 Å². The summed E-state index contributed by atoms with van der Waals surface area (Å²) < 4.78 is 5.66. The Balaban J connectivity index is 1.96. The molecule has 0 aromatic heterocycles. The van der Waals surface area contributed by atoms with Crippen LogP contribution in [0.3, 0.4) is 0 Å². The van der Waals surface area contributed by atoms with Gasteiger partial charge >= 0.3 is 0 Å². The second-order valence-electron chi connectivity index (χ2n) is 4.54. The van der Waals surface area contributed by atoms with Crippen molar-refractivity contribution in [2.75, 3.05) is 0 Å². The van der Waals surface area contributed by atoms with Gasteiger partial charge in [0.05, 0.1) is 0 Å². The van der Waals surface area contributed by atoms with Crippen LogP contribution in [0.5, 0.6) is 11.5 Å². The monoisotopic (exact) mass is 257 g/mol. The molecule has 0 radical (unpaired) electrons. The third kappa shape index (κ3) is 3.73. The highest BCUT2D eigenvalue weighted by atomic mass is 16.5. The first-order chi connectivity index (χ1) is 9.19. The van der Waals surface area contributed by atoms with Gasteiger partial charge in [0, 0.05) is 6.04 Å². The Labute approximate surface area is 113 Å². The van der Waals surface area contributed by atoms with E-state index in [4.69, 9.17) is 10.5 Å². The van der Waals surface area contributed by atoms with Crippen molar-refractivity contribution >= 4 is 0 Å². The number of ether oxygens (including phenoxy) is 1. The minimum absolute atomic E-state index is 0.0834. The van der Waals surface area contributed by atoms with Gasteiger partial charge in [-0.05, 0) is 41.8 Å². The van der Waals surface area contributed by atoms with Crippen molar-refractivity contribution in [2.45, 2.75) is 26.0 Å². The normalized spacial score (nSPS) is 12.1. The molecule has 3 heteroatoms. The molecular weight excluding hydrogens is 238 g/mol. The number of phenolic OH excluding ortho intramolecular Hbond substituents is 1. The summed E-state index contributed by atoms with van der Waals surface area (Å²) in [7, 11) is 0. The molecule has 2 rings (SSSR count). The largest absolute Gasteiger partial charge is 0.508 e. The van der Waals surface area contributed by atoms with Crippen LogP contribution in [0.25, 0.3) is 0 Å². The number of hydrogen-bond donors (Lipinski definition) is 2. The quantitative estimate of drug-likeness (QED) is 0.863. The van der Waals surface area contributed by atoms with E-state index in [-0.39, 0.29) is 11.8 Å². The molecule has 1 atom stereocenters. The second-order valence-corrected chi connectivity index (χ2v) is 4.54. The maximum atomic E-state index is 9.37. The molecule has 0 saturated heterocycles. The maximum absolute atomic E-state index is 9.37. The highest BCUT2D eigenvalue weighted by Gasteiger charge is 2.03. The fourth-order valence-electron chi connectivity index (χ4n) is 1.86. The van der Waals surface area contributed by atoms with Crippen LogP contribution >= 0.6 is 0 Å². The zero-order valence-electron chi connectivity index (χ0n) is 11.0. The second kappa shape index (κ2) is 6.25. The Morgan fingerprint density at radius 2 is 1.89 bits per heavy atom. The summed E-state index contributed by atoms with van der Waals surface area (Å²) >= 11 is 0. The van der Waals surface area contributed by atoms with Gasteiger partial charge in [-0.25, -0.2) is 0 Å². The zero-order valence-corrected chi connectivity index (χ0v) is 11.0. The maximum Gasteiger partial charge on any atom is 0.119 e. The average Bonchev–Trinajstić information content (AvgIpc) is 2.45. The Morgan fingerprint density at radius 3 is 2.53 bits per heavy atom. The Morgan fingerprint density at radius 1 is 1.16 bits per heavy atom. The molecule has 0 saturated carbocycles. The Bertz CT molecular complexity index is 523. The molecule has 3 N–H and O–H groups in total. The van der Waals surface area contributed by atoms with Gasteiger partial charge in [0.15, 0.2) is 0 Å². The molecule has 0 spiro atoms. The van der Waals surface area contributed by atoms with E-state index >= 15 is 0 Å². The van der Waals surface area contributed by atoms with Crippen molar-refractivity contribution in [2.24, 2.45) is 5.73 Å². The van der Waals surface area contributed by atoms with Gasteiger partial charge in [-0.2, -0.15) is 0 Å². The number of benzene rings is 2. The van der Waals surface area contributed by atoms with Gasteiger partial charge in [0.2, 0.25) is 0 Å². The number of aromatic hydroxyl groups is 1.